The molecule has 1 N–H and O–H groups in total. The van der Waals surface area contributed by atoms with Crippen LogP contribution in [0.4, 0.5) is 0 Å². The molecule has 3 heteroatoms. The summed E-state index contributed by atoms with van der Waals surface area (Å²) < 4.78 is 5.61. The first kappa shape index (κ1) is 13.9. The molecule has 102 valence electrons. The van der Waals surface area contributed by atoms with E-state index < -0.39 is 0 Å². The van der Waals surface area contributed by atoms with Crippen LogP contribution in [0.1, 0.15) is 21.5 Å². The third kappa shape index (κ3) is 3.06. The van der Waals surface area contributed by atoms with Crippen LogP contribution in [0, 0.1) is 0 Å². The summed E-state index contributed by atoms with van der Waals surface area (Å²) in [6.07, 6.45) is 2.78. The van der Waals surface area contributed by atoms with Crippen LogP contribution in [0.5, 0.6) is 11.5 Å². The van der Waals surface area contributed by atoms with Crippen LogP contribution in [0.25, 0.3) is 0 Å². The van der Waals surface area contributed by atoms with E-state index in [1.165, 1.54) is 0 Å². The van der Waals surface area contributed by atoms with Crippen molar-refractivity contribution < 1.29 is 14.6 Å². The normalized spacial score (nSPS) is 10.0. The molecule has 0 aromatic heterocycles. The fourth-order valence-corrected chi connectivity index (χ4v) is 1.95. The van der Waals surface area contributed by atoms with E-state index in [0.29, 0.717) is 29.9 Å². The average molecular weight is 268 g/mol. The molecule has 0 amide bonds. The maximum atomic E-state index is 11.0. The second kappa shape index (κ2) is 6.57. The number of benzene rings is 2. The summed E-state index contributed by atoms with van der Waals surface area (Å²) in [6, 6.07) is 12.9. The molecule has 0 atom stereocenters. The number of rotatable bonds is 6. The van der Waals surface area contributed by atoms with Gasteiger partial charge in [0.15, 0.2) is 11.5 Å². The number of carbonyl (C=O) groups excluding carboxylic acids is 1. The number of ether oxygens (including phenoxy) is 1. The van der Waals surface area contributed by atoms with Crippen LogP contribution >= 0.6 is 0 Å². The molecule has 0 fully saturated rings. The molecule has 0 radical (unpaired) electrons. The molecule has 0 saturated carbocycles. The molecule has 0 spiro atoms. The molecule has 2 aromatic carbocycles. The molecule has 0 saturated heterocycles. The van der Waals surface area contributed by atoms with Crippen LogP contribution in [0.2, 0.25) is 0 Å². The quantitative estimate of drug-likeness (QED) is 0.644. The van der Waals surface area contributed by atoms with Crippen molar-refractivity contribution in [1.29, 1.82) is 0 Å². The predicted octanol–water partition coefficient (Wildman–Crippen LogP) is 3.51. The highest BCUT2D eigenvalue weighted by Gasteiger charge is 2.12. The first-order chi connectivity index (χ1) is 9.76. The molecule has 0 unspecified atom stereocenters. The molecule has 2 rings (SSSR count). The highest BCUT2D eigenvalue weighted by Crippen LogP contribution is 2.33. The molecule has 0 heterocycles. The summed E-state index contributed by atoms with van der Waals surface area (Å²) in [5, 5.41) is 10.2. The Balaban J connectivity index is 2.22. The number of phenolic OH excluding ortho intramolecular Hbond substituents is 1. The van der Waals surface area contributed by atoms with Crippen LogP contribution < -0.4 is 4.74 Å². The molecule has 0 bridgehead atoms. The summed E-state index contributed by atoms with van der Waals surface area (Å²) in [5.41, 5.74) is 2.01. The lowest BCUT2D eigenvalue weighted by molar-refractivity contribution is 0.112. The van der Waals surface area contributed by atoms with Gasteiger partial charge in [-0.1, -0.05) is 36.4 Å². The Hall–Kier alpha value is -2.55. The zero-order chi connectivity index (χ0) is 14.4. The predicted molar refractivity (Wildman–Crippen MR) is 78.2 cm³/mol. The SMILES string of the molecule is C=CCc1c(C=O)ccc(OCc2ccccc2)c1O. The molecule has 20 heavy (non-hydrogen) atoms. The minimum absolute atomic E-state index is 0.00503. The lowest BCUT2D eigenvalue weighted by Crippen LogP contribution is -1.99. The van der Waals surface area contributed by atoms with Gasteiger partial charge in [0, 0.05) is 11.1 Å². The maximum Gasteiger partial charge on any atom is 0.161 e. The molecule has 3 nitrogen and oxygen atoms in total. The fourth-order valence-electron chi connectivity index (χ4n) is 1.95. The number of carbonyl (C=O) groups is 1. The van der Waals surface area contributed by atoms with E-state index in [9.17, 15) is 9.90 Å². The first-order valence-electron chi connectivity index (χ1n) is 6.34. The van der Waals surface area contributed by atoms with Crippen molar-refractivity contribution in [2.75, 3.05) is 0 Å². The number of phenols is 1. The number of aromatic hydroxyl groups is 1. The number of aldehydes is 1. The topological polar surface area (TPSA) is 46.5 Å². The highest BCUT2D eigenvalue weighted by molar-refractivity contribution is 5.80. The lowest BCUT2D eigenvalue weighted by Gasteiger charge is -2.12. The number of hydrogen-bond acceptors (Lipinski definition) is 3. The van der Waals surface area contributed by atoms with E-state index in [-0.39, 0.29) is 5.75 Å². The van der Waals surface area contributed by atoms with E-state index >= 15 is 0 Å². The molecule has 0 aliphatic heterocycles. The van der Waals surface area contributed by atoms with Crippen molar-refractivity contribution >= 4 is 6.29 Å². The number of allylic oxidation sites excluding steroid dienone is 1. The van der Waals surface area contributed by atoms with Crippen LogP contribution in [0.15, 0.2) is 55.1 Å². The van der Waals surface area contributed by atoms with Gasteiger partial charge >= 0.3 is 0 Å². The summed E-state index contributed by atoms with van der Waals surface area (Å²) in [5.74, 6) is 0.377. The van der Waals surface area contributed by atoms with Gasteiger partial charge in [-0.25, -0.2) is 0 Å². The third-order valence-electron chi connectivity index (χ3n) is 2.99. The van der Waals surface area contributed by atoms with Gasteiger partial charge in [-0.05, 0) is 24.1 Å². The van der Waals surface area contributed by atoms with Crippen LogP contribution in [-0.2, 0) is 13.0 Å². The van der Waals surface area contributed by atoms with E-state index in [1.54, 1.807) is 18.2 Å². The standard InChI is InChI=1S/C17H16O3/c1-2-6-15-14(11-18)9-10-16(17(15)19)20-12-13-7-4-3-5-8-13/h2-5,7-11,19H,1,6,12H2. The van der Waals surface area contributed by atoms with Crippen molar-refractivity contribution in [3.63, 3.8) is 0 Å². The van der Waals surface area contributed by atoms with Crippen molar-refractivity contribution in [2.24, 2.45) is 0 Å². The zero-order valence-corrected chi connectivity index (χ0v) is 11.1. The Morgan fingerprint density at radius 1 is 1.15 bits per heavy atom. The summed E-state index contributed by atoms with van der Waals surface area (Å²) in [7, 11) is 0. The van der Waals surface area contributed by atoms with Crippen molar-refractivity contribution in [1.82, 2.24) is 0 Å². The lowest BCUT2D eigenvalue weighted by atomic mass is 10.0. The molecular weight excluding hydrogens is 252 g/mol. The van der Waals surface area contributed by atoms with Crippen molar-refractivity contribution in [3.8, 4) is 11.5 Å². The Kier molecular flexibility index (Phi) is 4.56. The summed E-state index contributed by atoms with van der Waals surface area (Å²) in [6.45, 7) is 3.99. The summed E-state index contributed by atoms with van der Waals surface area (Å²) >= 11 is 0. The van der Waals surface area contributed by atoms with Gasteiger partial charge in [-0.2, -0.15) is 0 Å². The van der Waals surface area contributed by atoms with Crippen molar-refractivity contribution in [2.45, 2.75) is 13.0 Å². The van der Waals surface area contributed by atoms with Gasteiger partial charge in [-0.15, -0.1) is 6.58 Å². The van der Waals surface area contributed by atoms with E-state index in [0.717, 1.165) is 11.8 Å². The summed E-state index contributed by atoms with van der Waals surface area (Å²) in [4.78, 5) is 11.0. The van der Waals surface area contributed by atoms with Gasteiger partial charge < -0.3 is 9.84 Å². The zero-order valence-electron chi connectivity index (χ0n) is 11.1. The maximum absolute atomic E-state index is 11.0. The van der Waals surface area contributed by atoms with Crippen LogP contribution in [0.3, 0.4) is 0 Å². The van der Waals surface area contributed by atoms with Crippen LogP contribution in [-0.4, -0.2) is 11.4 Å². The van der Waals surface area contributed by atoms with Gasteiger partial charge in [0.25, 0.3) is 0 Å². The largest absolute Gasteiger partial charge is 0.504 e. The average Bonchev–Trinajstić information content (AvgIpc) is 2.49. The molecular formula is C17H16O3. The first-order valence-corrected chi connectivity index (χ1v) is 6.34. The minimum Gasteiger partial charge on any atom is -0.504 e. The van der Waals surface area contributed by atoms with Gasteiger partial charge in [0.2, 0.25) is 0 Å². The third-order valence-corrected chi connectivity index (χ3v) is 2.99. The molecule has 0 aliphatic carbocycles. The van der Waals surface area contributed by atoms with E-state index in [4.69, 9.17) is 4.74 Å². The Morgan fingerprint density at radius 3 is 2.55 bits per heavy atom. The Morgan fingerprint density at radius 2 is 1.90 bits per heavy atom. The molecule has 2 aromatic rings. The monoisotopic (exact) mass is 268 g/mol. The Labute approximate surface area is 118 Å². The second-order valence-electron chi connectivity index (χ2n) is 4.37. The molecule has 0 aliphatic rings. The van der Waals surface area contributed by atoms with Gasteiger partial charge in [0.05, 0.1) is 0 Å². The van der Waals surface area contributed by atoms with Gasteiger partial charge in [0.1, 0.15) is 12.9 Å². The smallest absolute Gasteiger partial charge is 0.161 e. The van der Waals surface area contributed by atoms with Crippen molar-refractivity contribution in [3.05, 3.63) is 71.8 Å². The van der Waals surface area contributed by atoms with E-state index in [1.807, 2.05) is 30.3 Å². The highest BCUT2D eigenvalue weighted by atomic mass is 16.5. The fraction of sp³-hybridized carbons (Fsp3) is 0.118. The Bertz CT molecular complexity index is 603. The number of hydrogen-bond donors (Lipinski definition) is 1. The van der Waals surface area contributed by atoms with E-state index in [2.05, 4.69) is 6.58 Å². The minimum atomic E-state index is 0.00503. The van der Waals surface area contributed by atoms with Gasteiger partial charge in [-0.3, -0.25) is 4.79 Å². The second-order valence-corrected chi connectivity index (χ2v) is 4.37.